The van der Waals surface area contributed by atoms with Gasteiger partial charge in [-0.2, -0.15) is 0 Å². The number of hydrogen-bond donors (Lipinski definition) is 3. The van der Waals surface area contributed by atoms with E-state index in [2.05, 4.69) is 5.32 Å². The molecule has 2 aromatic rings. The summed E-state index contributed by atoms with van der Waals surface area (Å²) in [6.07, 6.45) is -0.542. The second-order valence-corrected chi connectivity index (χ2v) is 7.05. The van der Waals surface area contributed by atoms with E-state index in [4.69, 9.17) is 14.9 Å². The first-order valence-electron chi connectivity index (χ1n) is 9.50. The molecule has 0 heterocycles. The van der Waals surface area contributed by atoms with Crippen LogP contribution in [0.25, 0.3) is 11.1 Å². The molecule has 0 aromatic heterocycles. The zero-order valence-electron chi connectivity index (χ0n) is 15.8. The maximum Gasteiger partial charge on any atom is 0.407 e. The Bertz CT molecular complexity index is 864. The van der Waals surface area contributed by atoms with Crippen LogP contribution in [0.4, 0.5) is 4.79 Å². The number of carboxylic acid groups (broad SMARTS) is 2. The van der Waals surface area contributed by atoms with Crippen molar-refractivity contribution in [3.63, 3.8) is 0 Å². The first-order chi connectivity index (χ1) is 14.0. The third kappa shape index (κ3) is 5.13. The van der Waals surface area contributed by atoms with Crippen LogP contribution in [0, 0.1) is 0 Å². The summed E-state index contributed by atoms with van der Waals surface area (Å²) in [6, 6.07) is 15.3. The maximum absolute atomic E-state index is 12.3. The van der Waals surface area contributed by atoms with Crippen molar-refractivity contribution >= 4 is 18.0 Å². The van der Waals surface area contributed by atoms with Crippen LogP contribution in [0.5, 0.6) is 0 Å². The zero-order chi connectivity index (χ0) is 20.8. The molecule has 1 atom stereocenters. The molecule has 3 rings (SSSR count). The number of carboxylic acids is 2. The lowest BCUT2D eigenvalue weighted by atomic mass is 9.98. The summed E-state index contributed by atoms with van der Waals surface area (Å²) >= 11 is 0. The number of carbonyl (C=O) groups is 3. The minimum absolute atomic E-state index is 0.0809. The number of nitrogens with one attached hydrogen (secondary N) is 1. The van der Waals surface area contributed by atoms with Gasteiger partial charge in [-0.3, -0.25) is 9.59 Å². The molecular weight excluding hydrogens is 374 g/mol. The lowest BCUT2D eigenvalue weighted by Crippen LogP contribution is -2.37. The van der Waals surface area contributed by atoms with Crippen molar-refractivity contribution in [2.45, 2.75) is 37.6 Å². The number of carbonyl (C=O) groups excluding carboxylic acids is 1. The minimum atomic E-state index is -1.07. The number of benzene rings is 2. The fourth-order valence-electron chi connectivity index (χ4n) is 3.74. The molecule has 1 unspecified atom stereocenters. The highest BCUT2D eigenvalue weighted by atomic mass is 16.5. The van der Waals surface area contributed by atoms with E-state index in [1.807, 2.05) is 48.5 Å². The lowest BCUT2D eigenvalue weighted by molar-refractivity contribution is -0.137. The van der Waals surface area contributed by atoms with E-state index < -0.39 is 24.1 Å². The Kier molecular flexibility index (Phi) is 6.49. The van der Waals surface area contributed by atoms with Gasteiger partial charge in [0.25, 0.3) is 0 Å². The average Bonchev–Trinajstić information content (AvgIpc) is 2.99. The summed E-state index contributed by atoms with van der Waals surface area (Å²) in [5, 5.41) is 20.3. The van der Waals surface area contributed by atoms with Gasteiger partial charge in [0.2, 0.25) is 0 Å². The highest BCUT2D eigenvalue weighted by molar-refractivity contribution is 5.79. The Labute approximate surface area is 168 Å². The lowest BCUT2D eigenvalue weighted by Gasteiger charge is -2.18. The van der Waals surface area contributed by atoms with Crippen molar-refractivity contribution in [3.8, 4) is 11.1 Å². The van der Waals surface area contributed by atoms with E-state index in [1.165, 1.54) is 0 Å². The van der Waals surface area contributed by atoms with Crippen LogP contribution in [0.1, 0.15) is 42.7 Å². The van der Waals surface area contributed by atoms with Crippen LogP contribution in [-0.2, 0) is 14.3 Å². The Morgan fingerprint density at radius 3 is 2.07 bits per heavy atom. The molecular formula is C22H23NO6. The van der Waals surface area contributed by atoms with Gasteiger partial charge in [0.15, 0.2) is 0 Å². The molecule has 7 heteroatoms. The van der Waals surface area contributed by atoms with Crippen molar-refractivity contribution in [1.29, 1.82) is 0 Å². The maximum atomic E-state index is 12.3. The highest BCUT2D eigenvalue weighted by Crippen LogP contribution is 2.44. The monoisotopic (exact) mass is 397 g/mol. The van der Waals surface area contributed by atoms with E-state index in [9.17, 15) is 14.4 Å². The van der Waals surface area contributed by atoms with Gasteiger partial charge in [0.1, 0.15) is 6.61 Å². The summed E-state index contributed by atoms with van der Waals surface area (Å²) in [6.45, 7) is 0.134. The normalized spacial score (nSPS) is 13.2. The Morgan fingerprint density at radius 1 is 0.931 bits per heavy atom. The molecule has 1 amide bonds. The first-order valence-corrected chi connectivity index (χ1v) is 9.50. The van der Waals surface area contributed by atoms with Gasteiger partial charge < -0.3 is 20.3 Å². The van der Waals surface area contributed by atoms with Gasteiger partial charge in [-0.25, -0.2) is 4.79 Å². The summed E-state index contributed by atoms with van der Waals surface area (Å²) in [7, 11) is 0. The molecule has 3 N–H and O–H groups in total. The van der Waals surface area contributed by atoms with Crippen LogP contribution < -0.4 is 5.32 Å². The molecule has 0 bridgehead atoms. The molecule has 0 radical (unpaired) electrons. The summed E-state index contributed by atoms with van der Waals surface area (Å²) in [5.41, 5.74) is 4.42. The largest absolute Gasteiger partial charge is 0.481 e. The number of rotatable bonds is 9. The first kappa shape index (κ1) is 20.4. The molecule has 1 aliphatic carbocycles. The molecule has 1 aliphatic rings. The van der Waals surface area contributed by atoms with Gasteiger partial charge in [-0.15, -0.1) is 0 Å². The van der Waals surface area contributed by atoms with E-state index in [0.29, 0.717) is 0 Å². The molecule has 0 fully saturated rings. The third-order valence-electron chi connectivity index (χ3n) is 5.03. The van der Waals surface area contributed by atoms with Crippen molar-refractivity contribution < 1.29 is 29.3 Å². The molecule has 0 spiro atoms. The molecule has 2 aromatic carbocycles. The summed E-state index contributed by atoms with van der Waals surface area (Å²) < 4.78 is 5.42. The fourth-order valence-corrected chi connectivity index (χ4v) is 3.74. The number of fused-ring (bicyclic) bond motifs is 3. The predicted molar refractivity (Wildman–Crippen MR) is 106 cm³/mol. The standard InChI is InChI=1S/C22H23NO6/c24-20(25)11-5-6-14(12-21(26)27)23-22(28)29-13-19-17-9-3-1-7-15(17)16-8-2-4-10-18(16)19/h1-4,7-10,14,19H,5-6,11-13H2,(H,23,28)(H,24,25)(H,26,27). The van der Waals surface area contributed by atoms with Crippen molar-refractivity contribution in [2.75, 3.05) is 6.61 Å². The van der Waals surface area contributed by atoms with Crippen LogP contribution in [-0.4, -0.2) is 40.9 Å². The number of amides is 1. The summed E-state index contributed by atoms with van der Waals surface area (Å²) in [4.78, 5) is 33.9. The van der Waals surface area contributed by atoms with Crippen LogP contribution >= 0.6 is 0 Å². The van der Waals surface area contributed by atoms with Crippen molar-refractivity contribution in [3.05, 3.63) is 59.7 Å². The van der Waals surface area contributed by atoms with Gasteiger partial charge in [-0.1, -0.05) is 48.5 Å². The smallest absolute Gasteiger partial charge is 0.407 e. The van der Waals surface area contributed by atoms with Gasteiger partial charge in [-0.05, 0) is 35.1 Å². The van der Waals surface area contributed by atoms with Crippen LogP contribution in [0.3, 0.4) is 0 Å². The minimum Gasteiger partial charge on any atom is -0.481 e. The zero-order valence-corrected chi connectivity index (χ0v) is 15.8. The Hall–Kier alpha value is -3.35. The van der Waals surface area contributed by atoms with Crippen LogP contribution in [0.2, 0.25) is 0 Å². The number of hydrogen-bond acceptors (Lipinski definition) is 4. The highest BCUT2D eigenvalue weighted by Gasteiger charge is 2.29. The molecule has 0 saturated heterocycles. The van der Waals surface area contributed by atoms with E-state index in [1.54, 1.807) is 0 Å². The van der Waals surface area contributed by atoms with E-state index in [0.717, 1.165) is 22.3 Å². The quantitative estimate of drug-likeness (QED) is 0.596. The average molecular weight is 397 g/mol. The Morgan fingerprint density at radius 2 is 1.52 bits per heavy atom. The van der Waals surface area contributed by atoms with Crippen molar-refractivity contribution in [2.24, 2.45) is 0 Å². The number of alkyl carbamates (subject to hydrolysis) is 1. The molecule has 29 heavy (non-hydrogen) atoms. The second kappa shape index (κ2) is 9.23. The van der Waals surface area contributed by atoms with Gasteiger partial charge in [0, 0.05) is 18.4 Å². The molecule has 7 nitrogen and oxygen atoms in total. The SMILES string of the molecule is O=C(O)CCCC(CC(=O)O)NC(=O)OCC1c2ccccc2-c2ccccc21. The topological polar surface area (TPSA) is 113 Å². The van der Waals surface area contributed by atoms with Crippen molar-refractivity contribution in [1.82, 2.24) is 5.32 Å². The van der Waals surface area contributed by atoms with E-state index >= 15 is 0 Å². The van der Waals surface area contributed by atoms with Crippen LogP contribution in [0.15, 0.2) is 48.5 Å². The number of aliphatic carboxylic acids is 2. The van der Waals surface area contributed by atoms with E-state index in [-0.39, 0.29) is 38.2 Å². The van der Waals surface area contributed by atoms with Gasteiger partial charge in [0.05, 0.1) is 6.42 Å². The van der Waals surface area contributed by atoms with Gasteiger partial charge >= 0.3 is 18.0 Å². The molecule has 0 aliphatic heterocycles. The third-order valence-corrected chi connectivity index (χ3v) is 5.03. The molecule has 152 valence electrons. The predicted octanol–water partition coefficient (Wildman–Crippen LogP) is 3.62. The second-order valence-electron chi connectivity index (χ2n) is 7.05. The Balaban J connectivity index is 1.62. The number of ether oxygens (including phenoxy) is 1. The fraction of sp³-hybridized carbons (Fsp3) is 0.318. The summed E-state index contributed by atoms with van der Waals surface area (Å²) in [5.74, 6) is -2.11. The molecule has 0 saturated carbocycles.